The van der Waals surface area contributed by atoms with Gasteiger partial charge in [-0.25, -0.2) is 0 Å². The van der Waals surface area contributed by atoms with Gasteiger partial charge < -0.3 is 14.8 Å². The SMILES string of the molecule is COCc1cccc(CNC(=O)COc2cccc(C)c2)c1. The zero-order chi connectivity index (χ0) is 15.8. The summed E-state index contributed by atoms with van der Waals surface area (Å²) >= 11 is 0. The molecule has 0 unspecified atom stereocenters. The molecule has 22 heavy (non-hydrogen) atoms. The molecule has 2 aromatic rings. The van der Waals surface area contributed by atoms with Gasteiger partial charge in [0.15, 0.2) is 6.61 Å². The number of methoxy groups -OCH3 is 1. The van der Waals surface area contributed by atoms with Crippen molar-refractivity contribution in [2.24, 2.45) is 0 Å². The van der Waals surface area contributed by atoms with Gasteiger partial charge in [-0.05, 0) is 35.7 Å². The van der Waals surface area contributed by atoms with Crippen molar-refractivity contribution in [3.8, 4) is 5.75 Å². The molecule has 0 aliphatic rings. The minimum atomic E-state index is -0.140. The van der Waals surface area contributed by atoms with Crippen LogP contribution in [0.5, 0.6) is 5.75 Å². The fraction of sp³-hybridized carbons (Fsp3) is 0.278. The summed E-state index contributed by atoms with van der Waals surface area (Å²) in [6.07, 6.45) is 0. The van der Waals surface area contributed by atoms with Gasteiger partial charge in [0.1, 0.15) is 5.75 Å². The number of ether oxygens (including phenoxy) is 2. The second-order valence-corrected chi connectivity index (χ2v) is 5.13. The molecule has 0 aliphatic carbocycles. The molecule has 2 rings (SSSR count). The van der Waals surface area contributed by atoms with E-state index in [-0.39, 0.29) is 12.5 Å². The van der Waals surface area contributed by atoms with E-state index in [1.54, 1.807) is 7.11 Å². The summed E-state index contributed by atoms with van der Waals surface area (Å²) in [4.78, 5) is 11.8. The molecule has 1 N–H and O–H groups in total. The number of amides is 1. The summed E-state index contributed by atoms with van der Waals surface area (Å²) < 4.78 is 10.6. The Morgan fingerprint density at radius 1 is 1.09 bits per heavy atom. The highest BCUT2D eigenvalue weighted by molar-refractivity contribution is 5.77. The van der Waals surface area contributed by atoms with Gasteiger partial charge in [0.2, 0.25) is 0 Å². The number of hydrogen-bond donors (Lipinski definition) is 1. The van der Waals surface area contributed by atoms with Crippen molar-refractivity contribution in [2.45, 2.75) is 20.1 Å². The second kappa shape index (κ2) is 8.20. The summed E-state index contributed by atoms with van der Waals surface area (Å²) in [5, 5.41) is 2.85. The normalized spacial score (nSPS) is 10.3. The average Bonchev–Trinajstić information content (AvgIpc) is 2.52. The Balaban J connectivity index is 1.79. The number of hydrogen-bond acceptors (Lipinski definition) is 3. The average molecular weight is 299 g/mol. The van der Waals surface area contributed by atoms with E-state index in [0.717, 1.165) is 16.7 Å². The fourth-order valence-electron chi connectivity index (χ4n) is 2.10. The van der Waals surface area contributed by atoms with Gasteiger partial charge in [-0.2, -0.15) is 0 Å². The summed E-state index contributed by atoms with van der Waals surface area (Å²) in [5.74, 6) is 0.566. The minimum absolute atomic E-state index is 0.0151. The summed E-state index contributed by atoms with van der Waals surface area (Å²) in [5.41, 5.74) is 3.23. The highest BCUT2D eigenvalue weighted by atomic mass is 16.5. The van der Waals surface area contributed by atoms with E-state index in [9.17, 15) is 4.79 Å². The largest absolute Gasteiger partial charge is 0.484 e. The summed E-state index contributed by atoms with van der Waals surface area (Å²) in [7, 11) is 1.66. The van der Waals surface area contributed by atoms with Gasteiger partial charge in [0.05, 0.1) is 6.61 Å². The summed E-state index contributed by atoms with van der Waals surface area (Å²) in [6, 6.07) is 15.6. The molecule has 0 spiro atoms. The van der Waals surface area contributed by atoms with Crippen LogP contribution in [0.15, 0.2) is 48.5 Å². The first-order chi connectivity index (χ1) is 10.7. The molecule has 1 amide bonds. The van der Waals surface area contributed by atoms with Crippen LogP contribution in [0.25, 0.3) is 0 Å². The third kappa shape index (κ3) is 5.22. The lowest BCUT2D eigenvalue weighted by atomic mass is 10.1. The monoisotopic (exact) mass is 299 g/mol. The zero-order valence-electron chi connectivity index (χ0n) is 13.0. The van der Waals surface area contributed by atoms with E-state index in [0.29, 0.717) is 18.9 Å². The van der Waals surface area contributed by atoms with Gasteiger partial charge in [0.25, 0.3) is 5.91 Å². The maximum atomic E-state index is 11.8. The van der Waals surface area contributed by atoms with E-state index < -0.39 is 0 Å². The van der Waals surface area contributed by atoms with Crippen molar-refractivity contribution in [3.05, 3.63) is 65.2 Å². The third-order valence-corrected chi connectivity index (χ3v) is 3.15. The van der Waals surface area contributed by atoms with E-state index in [4.69, 9.17) is 9.47 Å². The topological polar surface area (TPSA) is 47.6 Å². The molecule has 0 heterocycles. The number of nitrogens with one attached hydrogen (secondary N) is 1. The number of rotatable bonds is 7. The molecule has 0 atom stereocenters. The van der Waals surface area contributed by atoms with Crippen molar-refractivity contribution in [3.63, 3.8) is 0 Å². The number of carbonyl (C=O) groups is 1. The third-order valence-electron chi connectivity index (χ3n) is 3.15. The number of carbonyl (C=O) groups excluding carboxylic acids is 1. The van der Waals surface area contributed by atoms with Crippen LogP contribution < -0.4 is 10.1 Å². The van der Waals surface area contributed by atoms with Crippen LogP contribution in [0.2, 0.25) is 0 Å². The van der Waals surface area contributed by atoms with Crippen molar-refractivity contribution < 1.29 is 14.3 Å². The number of benzene rings is 2. The molecule has 0 fully saturated rings. The molecule has 0 aromatic heterocycles. The Morgan fingerprint density at radius 3 is 2.64 bits per heavy atom. The molecule has 0 bridgehead atoms. The smallest absolute Gasteiger partial charge is 0.258 e. The van der Waals surface area contributed by atoms with Crippen LogP contribution in [0, 0.1) is 6.92 Å². The van der Waals surface area contributed by atoms with E-state index in [1.165, 1.54) is 0 Å². The molecule has 116 valence electrons. The molecule has 0 radical (unpaired) electrons. The molecule has 0 aliphatic heterocycles. The van der Waals surface area contributed by atoms with Gasteiger partial charge in [0, 0.05) is 13.7 Å². The minimum Gasteiger partial charge on any atom is -0.484 e. The first kappa shape index (κ1) is 16.0. The van der Waals surface area contributed by atoms with E-state index in [1.807, 2.05) is 55.5 Å². The maximum absolute atomic E-state index is 11.8. The first-order valence-electron chi connectivity index (χ1n) is 7.20. The molecular weight excluding hydrogens is 278 g/mol. The number of aryl methyl sites for hydroxylation is 1. The van der Waals surface area contributed by atoms with Crippen molar-refractivity contribution in [1.82, 2.24) is 5.32 Å². The Labute approximate surface area is 131 Å². The van der Waals surface area contributed by atoms with Crippen LogP contribution >= 0.6 is 0 Å². The Morgan fingerprint density at radius 2 is 1.86 bits per heavy atom. The van der Waals surface area contributed by atoms with Gasteiger partial charge in [-0.3, -0.25) is 4.79 Å². The Hall–Kier alpha value is -2.33. The molecule has 0 saturated heterocycles. The zero-order valence-corrected chi connectivity index (χ0v) is 13.0. The van der Waals surface area contributed by atoms with Crippen LogP contribution in [0.4, 0.5) is 0 Å². The van der Waals surface area contributed by atoms with Crippen LogP contribution in [0.3, 0.4) is 0 Å². The first-order valence-corrected chi connectivity index (χ1v) is 7.20. The highest BCUT2D eigenvalue weighted by Crippen LogP contribution is 2.12. The van der Waals surface area contributed by atoms with Crippen molar-refractivity contribution in [2.75, 3.05) is 13.7 Å². The van der Waals surface area contributed by atoms with Crippen molar-refractivity contribution >= 4 is 5.91 Å². The standard InChI is InChI=1S/C18H21NO3/c1-14-5-3-8-17(9-14)22-13-18(20)19-11-15-6-4-7-16(10-15)12-21-2/h3-10H,11-13H2,1-2H3,(H,19,20). The van der Waals surface area contributed by atoms with Crippen LogP contribution in [-0.4, -0.2) is 19.6 Å². The predicted octanol–water partition coefficient (Wildman–Crippen LogP) is 2.84. The van der Waals surface area contributed by atoms with Gasteiger partial charge >= 0.3 is 0 Å². The quantitative estimate of drug-likeness (QED) is 0.855. The van der Waals surface area contributed by atoms with E-state index >= 15 is 0 Å². The lowest BCUT2D eigenvalue weighted by molar-refractivity contribution is -0.123. The molecule has 4 heteroatoms. The second-order valence-electron chi connectivity index (χ2n) is 5.13. The van der Waals surface area contributed by atoms with Crippen molar-refractivity contribution in [1.29, 1.82) is 0 Å². The lowest BCUT2D eigenvalue weighted by Gasteiger charge is -2.09. The Kier molecular flexibility index (Phi) is 5.98. The van der Waals surface area contributed by atoms with E-state index in [2.05, 4.69) is 5.32 Å². The highest BCUT2D eigenvalue weighted by Gasteiger charge is 2.03. The molecule has 0 saturated carbocycles. The molecule has 4 nitrogen and oxygen atoms in total. The predicted molar refractivity (Wildman–Crippen MR) is 85.7 cm³/mol. The molecular formula is C18H21NO3. The van der Waals surface area contributed by atoms with Crippen LogP contribution in [-0.2, 0) is 22.7 Å². The maximum Gasteiger partial charge on any atom is 0.258 e. The Bertz CT molecular complexity index is 625. The van der Waals surface area contributed by atoms with Crippen LogP contribution in [0.1, 0.15) is 16.7 Å². The van der Waals surface area contributed by atoms with Gasteiger partial charge in [-0.1, -0.05) is 36.4 Å². The van der Waals surface area contributed by atoms with Gasteiger partial charge in [-0.15, -0.1) is 0 Å². The summed E-state index contributed by atoms with van der Waals surface area (Å²) in [6.45, 7) is 3.05. The lowest BCUT2D eigenvalue weighted by Crippen LogP contribution is -2.28. The fourth-order valence-corrected chi connectivity index (χ4v) is 2.10. The molecule has 2 aromatic carbocycles.